The van der Waals surface area contributed by atoms with Crippen LogP contribution < -0.4 is 5.32 Å². The Bertz CT molecular complexity index is 382. The van der Waals surface area contributed by atoms with E-state index in [4.69, 9.17) is 0 Å². The van der Waals surface area contributed by atoms with Crippen molar-refractivity contribution < 1.29 is 4.92 Å². The average Bonchev–Trinajstić information content (AvgIpc) is 2.25. The quantitative estimate of drug-likeness (QED) is 0.668. The molecule has 16 heavy (non-hydrogen) atoms. The van der Waals surface area contributed by atoms with E-state index in [0.717, 1.165) is 10.9 Å². The van der Waals surface area contributed by atoms with Crippen LogP contribution in [0.1, 0.15) is 25.8 Å². The number of nitro benzene ring substituents is 1. The monoisotopic (exact) mass is 286 g/mol. The van der Waals surface area contributed by atoms with Crippen molar-refractivity contribution in [3.8, 4) is 0 Å². The van der Waals surface area contributed by atoms with Crippen LogP contribution in [-0.4, -0.2) is 11.0 Å². The predicted molar refractivity (Wildman–Crippen MR) is 67.4 cm³/mol. The van der Waals surface area contributed by atoms with Crippen LogP contribution in [0.15, 0.2) is 22.7 Å². The lowest BCUT2D eigenvalue weighted by atomic mass is 10.1. The summed E-state index contributed by atoms with van der Waals surface area (Å²) >= 11 is 3.32. The first-order valence-electron chi connectivity index (χ1n) is 5.20. The van der Waals surface area contributed by atoms with Gasteiger partial charge in [0, 0.05) is 28.7 Å². The zero-order chi connectivity index (χ0) is 12.1. The molecule has 5 heteroatoms. The van der Waals surface area contributed by atoms with Crippen LogP contribution in [-0.2, 0) is 6.54 Å². The minimum atomic E-state index is -0.347. The summed E-state index contributed by atoms with van der Waals surface area (Å²) in [6, 6.07) is 5.36. The molecule has 0 heterocycles. The Morgan fingerprint density at radius 1 is 1.56 bits per heavy atom. The van der Waals surface area contributed by atoms with E-state index in [9.17, 15) is 10.1 Å². The Morgan fingerprint density at radius 3 is 2.81 bits per heavy atom. The maximum atomic E-state index is 10.8. The summed E-state index contributed by atoms with van der Waals surface area (Å²) in [6.07, 6.45) is 1.00. The molecule has 0 saturated heterocycles. The van der Waals surface area contributed by atoms with Crippen molar-refractivity contribution in [2.24, 2.45) is 0 Å². The molecular formula is C11H15BrN2O2. The number of hydrogen-bond donors (Lipinski definition) is 1. The van der Waals surface area contributed by atoms with Crippen molar-refractivity contribution in [3.05, 3.63) is 38.3 Å². The van der Waals surface area contributed by atoms with Gasteiger partial charge in [-0.25, -0.2) is 0 Å². The lowest BCUT2D eigenvalue weighted by Gasteiger charge is -2.11. The molecule has 88 valence electrons. The first-order chi connectivity index (χ1) is 7.54. The second kappa shape index (κ2) is 5.96. The number of nitro groups is 1. The molecule has 0 spiro atoms. The predicted octanol–water partition coefficient (Wildman–Crippen LogP) is 3.25. The topological polar surface area (TPSA) is 55.2 Å². The fourth-order valence-corrected chi connectivity index (χ4v) is 1.71. The van der Waals surface area contributed by atoms with Crippen molar-refractivity contribution in [1.82, 2.24) is 5.32 Å². The van der Waals surface area contributed by atoms with Gasteiger partial charge in [-0.1, -0.05) is 22.9 Å². The molecular weight excluding hydrogens is 272 g/mol. The highest BCUT2D eigenvalue weighted by atomic mass is 79.9. The first kappa shape index (κ1) is 13.1. The molecule has 0 fully saturated rings. The zero-order valence-corrected chi connectivity index (χ0v) is 11.0. The highest BCUT2D eigenvalue weighted by molar-refractivity contribution is 9.10. The van der Waals surface area contributed by atoms with Crippen LogP contribution in [0.2, 0.25) is 0 Å². The molecule has 0 saturated carbocycles. The summed E-state index contributed by atoms with van der Waals surface area (Å²) in [5.74, 6) is 0. The van der Waals surface area contributed by atoms with E-state index in [1.165, 1.54) is 6.07 Å². The standard InChI is InChI=1S/C11H15BrN2O2/c1-3-8(2)13-7-9-6-10(12)4-5-11(9)14(15)16/h4-6,8,13H,3,7H2,1-2H3. The normalized spacial score (nSPS) is 12.4. The van der Waals surface area contributed by atoms with Crippen LogP contribution >= 0.6 is 15.9 Å². The lowest BCUT2D eigenvalue weighted by Crippen LogP contribution is -2.24. The molecule has 0 aliphatic heterocycles. The van der Waals surface area contributed by atoms with Crippen LogP contribution in [0.5, 0.6) is 0 Å². The van der Waals surface area contributed by atoms with Gasteiger partial charge in [-0.3, -0.25) is 10.1 Å². The number of halogens is 1. The molecule has 0 radical (unpaired) electrons. The van der Waals surface area contributed by atoms with E-state index >= 15 is 0 Å². The fraction of sp³-hybridized carbons (Fsp3) is 0.455. The molecule has 1 aromatic rings. The van der Waals surface area contributed by atoms with Crippen LogP contribution in [0.3, 0.4) is 0 Å². The third-order valence-electron chi connectivity index (χ3n) is 2.49. The number of hydrogen-bond acceptors (Lipinski definition) is 3. The van der Waals surface area contributed by atoms with Gasteiger partial charge >= 0.3 is 0 Å². The number of nitrogens with one attached hydrogen (secondary N) is 1. The largest absolute Gasteiger partial charge is 0.310 e. The molecule has 1 atom stereocenters. The zero-order valence-electron chi connectivity index (χ0n) is 9.37. The third-order valence-corrected chi connectivity index (χ3v) is 2.98. The van der Waals surface area contributed by atoms with Gasteiger partial charge in [-0.15, -0.1) is 0 Å². The molecule has 1 N–H and O–H groups in total. The fourth-order valence-electron chi connectivity index (χ4n) is 1.30. The second-order valence-corrected chi connectivity index (χ2v) is 4.64. The molecule has 0 bridgehead atoms. The summed E-state index contributed by atoms with van der Waals surface area (Å²) < 4.78 is 0.860. The van der Waals surface area contributed by atoms with Crippen molar-refractivity contribution in [1.29, 1.82) is 0 Å². The van der Waals surface area contributed by atoms with Crippen LogP contribution in [0, 0.1) is 10.1 Å². The Labute approximate surface area is 103 Å². The van der Waals surface area contributed by atoms with E-state index in [1.54, 1.807) is 12.1 Å². The van der Waals surface area contributed by atoms with Gasteiger partial charge in [0.1, 0.15) is 0 Å². The summed E-state index contributed by atoms with van der Waals surface area (Å²) in [5.41, 5.74) is 0.874. The van der Waals surface area contributed by atoms with Crippen LogP contribution in [0.4, 0.5) is 5.69 Å². The number of nitrogens with zero attached hydrogens (tertiary/aromatic N) is 1. The molecule has 1 rings (SSSR count). The Kier molecular flexibility index (Phi) is 4.89. The minimum Gasteiger partial charge on any atom is -0.310 e. The molecule has 0 aliphatic rings. The first-order valence-corrected chi connectivity index (χ1v) is 6.00. The third kappa shape index (κ3) is 3.57. The lowest BCUT2D eigenvalue weighted by molar-refractivity contribution is -0.385. The minimum absolute atomic E-state index is 0.166. The van der Waals surface area contributed by atoms with E-state index in [0.29, 0.717) is 18.2 Å². The average molecular weight is 287 g/mol. The smallest absolute Gasteiger partial charge is 0.273 e. The molecule has 1 unspecified atom stereocenters. The van der Waals surface area contributed by atoms with Crippen molar-refractivity contribution in [2.75, 3.05) is 0 Å². The Hall–Kier alpha value is -0.940. The second-order valence-electron chi connectivity index (χ2n) is 3.72. The van der Waals surface area contributed by atoms with Gasteiger partial charge in [0.05, 0.1) is 4.92 Å². The number of benzene rings is 1. The SMILES string of the molecule is CCC(C)NCc1cc(Br)ccc1[N+](=O)[O-]. The van der Waals surface area contributed by atoms with E-state index in [1.807, 2.05) is 0 Å². The van der Waals surface area contributed by atoms with Gasteiger partial charge in [0.25, 0.3) is 5.69 Å². The highest BCUT2D eigenvalue weighted by Crippen LogP contribution is 2.22. The van der Waals surface area contributed by atoms with Gasteiger partial charge in [0.15, 0.2) is 0 Å². The molecule has 4 nitrogen and oxygen atoms in total. The summed E-state index contributed by atoms with van der Waals surface area (Å²) in [7, 11) is 0. The van der Waals surface area contributed by atoms with E-state index < -0.39 is 0 Å². The van der Waals surface area contributed by atoms with Gasteiger partial charge in [-0.05, 0) is 25.5 Å². The number of rotatable bonds is 5. The molecule has 0 aromatic heterocycles. The summed E-state index contributed by atoms with van der Waals surface area (Å²) in [4.78, 5) is 10.5. The van der Waals surface area contributed by atoms with E-state index in [-0.39, 0.29) is 10.6 Å². The van der Waals surface area contributed by atoms with Gasteiger partial charge < -0.3 is 5.32 Å². The van der Waals surface area contributed by atoms with Gasteiger partial charge in [-0.2, -0.15) is 0 Å². The maximum absolute atomic E-state index is 10.8. The Morgan fingerprint density at radius 2 is 2.25 bits per heavy atom. The van der Waals surface area contributed by atoms with Crippen molar-refractivity contribution >= 4 is 21.6 Å². The highest BCUT2D eigenvalue weighted by Gasteiger charge is 2.13. The van der Waals surface area contributed by atoms with Gasteiger partial charge in [0.2, 0.25) is 0 Å². The molecule has 0 aliphatic carbocycles. The summed E-state index contributed by atoms with van der Waals surface area (Å²) in [6.45, 7) is 4.65. The van der Waals surface area contributed by atoms with E-state index in [2.05, 4.69) is 35.1 Å². The molecule has 0 amide bonds. The molecule has 1 aromatic carbocycles. The van der Waals surface area contributed by atoms with Crippen molar-refractivity contribution in [3.63, 3.8) is 0 Å². The van der Waals surface area contributed by atoms with Crippen LogP contribution in [0.25, 0.3) is 0 Å². The maximum Gasteiger partial charge on any atom is 0.273 e. The summed E-state index contributed by atoms with van der Waals surface area (Å²) in [5, 5.41) is 14.1. The van der Waals surface area contributed by atoms with Crippen molar-refractivity contribution in [2.45, 2.75) is 32.9 Å². The Balaban J connectivity index is 2.84.